The van der Waals surface area contributed by atoms with Crippen molar-refractivity contribution in [1.82, 2.24) is 5.32 Å². The van der Waals surface area contributed by atoms with Crippen LogP contribution in [-0.2, 0) is 9.59 Å². The maximum atomic E-state index is 13.1. The highest BCUT2D eigenvalue weighted by atomic mass is 19.1. The molecule has 2 rings (SSSR count). The monoisotopic (exact) mass is 250 g/mol. The summed E-state index contributed by atoms with van der Waals surface area (Å²) in [6.07, 6.45) is 0.660. The van der Waals surface area contributed by atoms with Gasteiger partial charge in [-0.2, -0.15) is 0 Å². The summed E-state index contributed by atoms with van der Waals surface area (Å²) < 4.78 is 13.1. The van der Waals surface area contributed by atoms with Gasteiger partial charge in [0.25, 0.3) is 0 Å². The lowest BCUT2D eigenvalue weighted by Gasteiger charge is -2.17. The molecule has 1 unspecified atom stereocenters. The summed E-state index contributed by atoms with van der Waals surface area (Å²) in [4.78, 5) is 24.6. The summed E-state index contributed by atoms with van der Waals surface area (Å²) in [5.74, 6) is -0.544. The van der Waals surface area contributed by atoms with Gasteiger partial charge in [0.1, 0.15) is 5.82 Å². The van der Waals surface area contributed by atoms with Gasteiger partial charge in [0.15, 0.2) is 0 Å². The fourth-order valence-corrected chi connectivity index (χ4v) is 2.03. The summed E-state index contributed by atoms with van der Waals surface area (Å²) in [7, 11) is 0. The van der Waals surface area contributed by atoms with Crippen LogP contribution < -0.4 is 10.2 Å². The smallest absolute Gasteiger partial charge is 0.229 e. The maximum absolute atomic E-state index is 13.1. The second-order valence-electron chi connectivity index (χ2n) is 4.31. The molecule has 96 valence electrons. The van der Waals surface area contributed by atoms with E-state index in [4.69, 9.17) is 0 Å². The largest absolute Gasteiger partial charge is 0.351 e. The van der Waals surface area contributed by atoms with Crippen LogP contribution in [0.4, 0.5) is 10.1 Å². The van der Waals surface area contributed by atoms with E-state index >= 15 is 0 Å². The zero-order valence-electron chi connectivity index (χ0n) is 10.1. The first-order chi connectivity index (χ1) is 8.60. The van der Waals surface area contributed by atoms with Gasteiger partial charge in [-0.3, -0.25) is 9.59 Å². The molecule has 18 heavy (non-hydrogen) atoms. The summed E-state index contributed by atoms with van der Waals surface area (Å²) >= 11 is 0. The summed E-state index contributed by atoms with van der Waals surface area (Å²) in [5.41, 5.74) is 0.535. The van der Waals surface area contributed by atoms with Crippen LogP contribution in [0.2, 0.25) is 0 Å². The van der Waals surface area contributed by atoms with Gasteiger partial charge in [-0.15, -0.1) is 0 Å². The van der Waals surface area contributed by atoms with Gasteiger partial charge in [-0.05, 0) is 18.2 Å². The number of benzene rings is 1. The predicted octanol–water partition coefficient (Wildman–Crippen LogP) is 1.46. The van der Waals surface area contributed by atoms with Gasteiger partial charge in [-0.25, -0.2) is 4.39 Å². The average molecular weight is 250 g/mol. The van der Waals surface area contributed by atoms with Gasteiger partial charge in [0.2, 0.25) is 11.8 Å². The molecule has 1 aliphatic rings. The van der Waals surface area contributed by atoms with Crippen molar-refractivity contribution >= 4 is 17.5 Å². The Morgan fingerprint density at radius 1 is 1.56 bits per heavy atom. The standard InChI is InChI=1S/C13H15FN2O2/c1-2-12(17)15-10-7-13(18)16(8-10)11-5-3-4-9(14)6-11/h3-6,10H,2,7-8H2,1H3,(H,15,17). The number of amides is 2. The van der Waals surface area contributed by atoms with Crippen molar-refractivity contribution in [3.8, 4) is 0 Å². The minimum atomic E-state index is -0.374. The molecule has 1 aromatic carbocycles. The number of rotatable bonds is 3. The first-order valence-corrected chi connectivity index (χ1v) is 5.95. The predicted molar refractivity (Wildman–Crippen MR) is 65.6 cm³/mol. The molecule has 1 N–H and O–H groups in total. The Balaban J connectivity index is 2.08. The van der Waals surface area contributed by atoms with Gasteiger partial charge in [0, 0.05) is 25.1 Å². The second-order valence-corrected chi connectivity index (χ2v) is 4.31. The molecule has 5 heteroatoms. The first-order valence-electron chi connectivity index (χ1n) is 5.95. The number of hydrogen-bond acceptors (Lipinski definition) is 2. The van der Waals surface area contributed by atoms with Gasteiger partial charge in [0.05, 0.1) is 6.04 Å². The molecule has 2 amide bonds. The summed E-state index contributed by atoms with van der Waals surface area (Å²) in [6, 6.07) is 5.72. The molecule has 1 saturated heterocycles. The highest BCUT2D eigenvalue weighted by Gasteiger charge is 2.31. The number of hydrogen-bond donors (Lipinski definition) is 1. The normalized spacial score (nSPS) is 19.1. The molecule has 1 fully saturated rings. The second kappa shape index (κ2) is 5.16. The van der Waals surface area contributed by atoms with E-state index in [1.54, 1.807) is 19.1 Å². The Kier molecular flexibility index (Phi) is 3.60. The molecular formula is C13H15FN2O2. The Morgan fingerprint density at radius 3 is 3.00 bits per heavy atom. The molecule has 1 aromatic rings. The topological polar surface area (TPSA) is 49.4 Å². The van der Waals surface area contributed by atoms with Crippen molar-refractivity contribution in [2.75, 3.05) is 11.4 Å². The lowest BCUT2D eigenvalue weighted by Crippen LogP contribution is -2.36. The minimum absolute atomic E-state index is 0.0751. The van der Waals surface area contributed by atoms with E-state index in [9.17, 15) is 14.0 Å². The Bertz CT molecular complexity index is 476. The van der Waals surface area contributed by atoms with E-state index in [0.29, 0.717) is 18.7 Å². The van der Waals surface area contributed by atoms with Gasteiger partial charge >= 0.3 is 0 Å². The number of nitrogens with zero attached hydrogens (tertiary/aromatic N) is 1. The third-order valence-corrected chi connectivity index (χ3v) is 2.93. The molecule has 1 aliphatic heterocycles. The molecule has 0 aromatic heterocycles. The lowest BCUT2D eigenvalue weighted by atomic mass is 10.2. The van der Waals surface area contributed by atoms with Crippen LogP contribution in [0.25, 0.3) is 0 Å². The van der Waals surface area contributed by atoms with Crippen molar-refractivity contribution in [1.29, 1.82) is 0 Å². The summed E-state index contributed by atoms with van der Waals surface area (Å²) in [6.45, 7) is 2.16. The SMILES string of the molecule is CCC(=O)NC1CC(=O)N(c2cccc(F)c2)C1. The first kappa shape index (κ1) is 12.5. The lowest BCUT2D eigenvalue weighted by molar-refractivity contribution is -0.121. The van der Waals surface area contributed by atoms with Crippen LogP contribution in [0.3, 0.4) is 0 Å². The Labute approximate surface area is 105 Å². The van der Waals surface area contributed by atoms with Crippen molar-refractivity contribution in [2.24, 2.45) is 0 Å². The van der Waals surface area contributed by atoms with Gasteiger partial charge in [-0.1, -0.05) is 13.0 Å². The number of nitrogens with one attached hydrogen (secondary N) is 1. The van der Waals surface area contributed by atoms with Crippen LogP contribution in [0.1, 0.15) is 19.8 Å². The van der Waals surface area contributed by atoms with E-state index in [-0.39, 0.29) is 30.1 Å². The van der Waals surface area contributed by atoms with Crippen molar-refractivity contribution < 1.29 is 14.0 Å². The number of halogens is 1. The van der Waals surface area contributed by atoms with Crippen LogP contribution >= 0.6 is 0 Å². The fourth-order valence-electron chi connectivity index (χ4n) is 2.03. The van der Waals surface area contributed by atoms with Crippen LogP contribution in [0.5, 0.6) is 0 Å². The third-order valence-electron chi connectivity index (χ3n) is 2.93. The van der Waals surface area contributed by atoms with E-state index in [2.05, 4.69) is 5.32 Å². The summed E-state index contributed by atoms with van der Waals surface area (Å²) in [5, 5.41) is 2.78. The molecule has 1 heterocycles. The number of carbonyl (C=O) groups excluding carboxylic acids is 2. The van der Waals surface area contributed by atoms with Crippen molar-refractivity contribution in [2.45, 2.75) is 25.8 Å². The van der Waals surface area contributed by atoms with E-state index in [0.717, 1.165) is 0 Å². The van der Waals surface area contributed by atoms with E-state index < -0.39 is 0 Å². The zero-order valence-corrected chi connectivity index (χ0v) is 10.1. The van der Waals surface area contributed by atoms with Crippen LogP contribution in [-0.4, -0.2) is 24.4 Å². The highest BCUT2D eigenvalue weighted by molar-refractivity contribution is 5.96. The molecule has 0 aliphatic carbocycles. The highest BCUT2D eigenvalue weighted by Crippen LogP contribution is 2.22. The Hall–Kier alpha value is -1.91. The molecular weight excluding hydrogens is 235 g/mol. The molecule has 0 spiro atoms. The average Bonchev–Trinajstić information content (AvgIpc) is 2.70. The minimum Gasteiger partial charge on any atom is -0.351 e. The fraction of sp³-hybridized carbons (Fsp3) is 0.385. The molecule has 0 saturated carbocycles. The van der Waals surface area contributed by atoms with Gasteiger partial charge < -0.3 is 10.2 Å². The van der Waals surface area contributed by atoms with Crippen molar-refractivity contribution in [3.63, 3.8) is 0 Å². The third kappa shape index (κ3) is 2.67. The molecule has 1 atom stereocenters. The Morgan fingerprint density at radius 2 is 2.33 bits per heavy atom. The quantitative estimate of drug-likeness (QED) is 0.882. The molecule has 4 nitrogen and oxygen atoms in total. The number of anilines is 1. The maximum Gasteiger partial charge on any atom is 0.229 e. The zero-order chi connectivity index (χ0) is 13.1. The number of carbonyl (C=O) groups is 2. The van der Waals surface area contributed by atoms with Crippen LogP contribution in [0.15, 0.2) is 24.3 Å². The molecule has 0 radical (unpaired) electrons. The van der Waals surface area contributed by atoms with Crippen LogP contribution in [0, 0.1) is 5.82 Å². The van der Waals surface area contributed by atoms with Crippen molar-refractivity contribution in [3.05, 3.63) is 30.1 Å². The van der Waals surface area contributed by atoms with E-state index in [1.807, 2.05) is 0 Å². The van der Waals surface area contributed by atoms with E-state index in [1.165, 1.54) is 17.0 Å². The molecule has 0 bridgehead atoms.